The van der Waals surface area contributed by atoms with Crippen molar-refractivity contribution in [2.75, 3.05) is 6.61 Å². The molecule has 2 aromatic rings. The monoisotopic (exact) mass is 688 g/mol. The Labute approximate surface area is 305 Å². The van der Waals surface area contributed by atoms with E-state index in [1.165, 1.54) is 0 Å². The summed E-state index contributed by atoms with van der Waals surface area (Å²) >= 11 is 0.937. The molecule has 0 aliphatic rings. The summed E-state index contributed by atoms with van der Waals surface area (Å²) in [6, 6.07) is 8.51. The molecule has 45 heavy (non-hydrogen) atoms. The molecule has 2 rings (SSSR count). The number of esters is 1. The summed E-state index contributed by atoms with van der Waals surface area (Å²) in [6.45, 7) is 29.8. The van der Waals surface area contributed by atoms with Crippen LogP contribution in [0.4, 0.5) is 0 Å². The second-order valence-electron chi connectivity index (χ2n) is 15.9. The van der Waals surface area contributed by atoms with Crippen LogP contribution < -0.4 is 34.3 Å². The molecular formula is C35H53NaO6S3. The van der Waals surface area contributed by atoms with Gasteiger partial charge >= 0.3 is 35.5 Å². The predicted octanol–water partition coefficient (Wildman–Crippen LogP) is 6.70. The van der Waals surface area contributed by atoms with Crippen LogP contribution in [0.5, 0.6) is 11.5 Å². The number of ether oxygens (including phenoxy) is 1. The van der Waals surface area contributed by atoms with Crippen molar-refractivity contribution in [1.82, 2.24) is 0 Å². The van der Waals surface area contributed by atoms with Crippen LogP contribution in [0.2, 0.25) is 0 Å². The van der Waals surface area contributed by atoms with Crippen molar-refractivity contribution in [3.63, 3.8) is 0 Å². The van der Waals surface area contributed by atoms with E-state index in [-0.39, 0.29) is 74.7 Å². The van der Waals surface area contributed by atoms with Gasteiger partial charge in [0.05, 0.1) is 22.0 Å². The van der Waals surface area contributed by atoms with Gasteiger partial charge in [-0.2, -0.15) is 0 Å². The normalized spacial score (nSPS) is 13.8. The average molecular weight is 689 g/mol. The Morgan fingerprint density at radius 1 is 0.733 bits per heavy atom. The third-order valence-corrected chi connectivity index (χ3v) is 9.81. The van der Waals surface area contributed by atoms with Crippen LogP contribution in [-0.4, -0.2) is 30.5 Å². The molecule has 0 radical (unpaired) electrons. The Balaban J connectivity index is 0.0000101. The van der Waals surface area contributed by atoms with E-state index >= 15 is 0 Å². The van der Waals surface area contributed by atoms with E-state index in [2.05, 4.69) is 125 Å². The van der Waals surface area contributed by atoms with E-state index in [1.54, 1.807) is 23.5 Å². The first-order chi connectivity index (χ1) is 19.7. The van der Waals surface area contributed by atoms with Gasteiger partial charge in [-0.25, -0.2) is 4.21 Å². The van der Waals surface area contributed by atoms with Gasteiger partial charge in [0.2, 0.25) is 0 Å². The maximum Gasteiger partial charge on any atom is 1.00 e. The number of benzene rings is 2. The molecule has 2 aromatic carbocycles. The standard InChI is InChI=1S/C35H54O6S3.Na/c1-31(2,3)24-18-22(19-25(29(24)37)32(4,5)6)42-35(13,14)43-23-20-26(33(7,8)9)30(27(21-23)34(10,11)12)41-28(36)16-15-17-40-44(38)39;/h18-21,37H,15-17H2,1-14H3,(H,38,39);/q;+1/p-1. The molecular weight excluding hydrogens is 636 g/mol. The molecule has 0 saturated heterocycles. The molecule has 248 valence electrons. The van der Waals surface area contributed by atoms with Gasteiger partial charge in [-0.3, -0.25) is 4.79 Å². The molecule has 1 atom stereocenters. The number of hydrogen-bond donors (Lipinski definition) is 1. The molecule has 0 bridgehead atoms. The molecule has 0 fully saturated rings. The number of carbonyl (C=O) groups is 1. The fraction of sp³-hybridized carbons (Fsp3) is 0.629. The number of aromatic hydroxyl groups is 1. The topological polar surface area (TPSA) is 95.9 Å². The van der Waals surface area contributed by atoms with E-state index in [4.69, 9.17) is 4.74 Å². The quantitative estimate of drug-likeness (QED) is 0.0561. The number of carbonyl (C=O) groups excluding carboxylic acids is 1. The SMILES string of the molecule is CC(C)(Sc1cc(C(C)(C)C)c(O)c(C(C)(C)C)c1)Sc1cc(C(C)(C)C)c(OC(=O)CCCOS(=O)[O-])c(C(C)(C)C)c1.[Na+]. The zero-order valence-electron chi connectivity index (χ0n) is 30.1. The summed E-state index contributed by atoms with van der Waals surface area (Å²) in [5.74, 6) is 0.526. The molecule has 0 heterocycles. The van der Waals surface area contributed by atoms with Crippen LogP contribution in [0, 0.1) is 0 Å². The molecule has 6 nitrogen and oxygen atoms in total. The molecule has 0 saturated carbocycles. The van der Waals surface area contributed by atoms with Crippen LogP contribution in [0.1, 0.15) is 132 Å². The summed E-state index contributed by atoms with van der Waals surface area (Å²) in [5, 5.41) is 11.2. The largest absolute Gasteiger partial charge is 1.00 e. The van der Waals surface area contributed by atoms with Gasteiger partial charge < -0.3 is 18.6 Å². The van der Waals surface area contributed by atoms with Crippen LogP contribution in [-0.2, 0) is 42.0 Å². The van der Waals surface area contributed by atoms with E-state index in [9.17, 15) is 18.7 Å². The van der Waals surface area contributed by atoms with Crippen molar-refractivity contribution in [1.29, 1.82) is 0 Å². The van der Waals surface area contributed by atoms with Crippen molar-refractivity contribution < 1.29 is 57.1 Å². The van der Waals surface area contributed by atoms with Crippen molar-refractivity contribution in [2.24, 2.45) is 0 Å². The average Bonchev–Trinajstić information content (AvgIpc) is 2.80. The number of hydrogen-bond acceptors (Lipinski definition) is 8. The zero-order chi connectivity index (χ0) is 34.1. The minimum absolute atomic E-state index is 0. The minimum atomic E-state index is -2.60. The van der Waals surface area contributed by atoms with Crippen molar-refractivity contribution >= 4 is 40.9 Å². The second kappa shape index (κ2) is 15.8. The first kappa shape index (κ1) is 42.5. The van der Waals surface area contributed by atoms with Crippen molar-refractivity contribution in [2.45, 2.75) is 145 Å². The van der Waals surface area contributed by atoms with Crippen molar-refractivity contribution in [3.05, 3.63) is 46.5 Å². The Morgan fingerprint density at radius 2 is 1.09 bits per heavy atom. The molecule has 0 amide bonds. The van der Waals surface area contributed by atoms with E-state index in [0.29, 0.717) is 11.5 Å². The number of rotatable bonds is 10. The summed E-state index contributed by atoms with van der Waals surface area (Å²) in [4.78, 5) is 15.1. The number of phenols is 1. The Bertz CT molecular complexity index is 1290. The first-order valence-corrected chi connectivity index (χ1v) is 17.7. The summed E-state index contributed by atoms with van der Waals surface area (Å²) in [6.07, 6.45) is 0.289. The molecule has 0 aromatic heterocycles. The summed E-state index contributed by atoms with van der Waals surface area (Å²) in [7, 11) is 0. The van der Waals surface area contributed by atoms with Gasteiger partial charge in [-0.05, 0) is 66.2 Å². The molecule has 0 aliphatic carbocycles. The zero-order valence-corrected chi connectivity index (χ0v) is 34.6. The Morgan fingerprint density at radius 3 is 1.42 bits per heavy atom. The third-order valence-electron chi connectivity index (χ3n) is 7.03. The molecule has 1 N–H and O–H groups in total. The molecule has 0 spiro atoms. The first-order valence-electron chi connectivity index (χ1n) is 15.1. The van der Waals surface area contributed by atoms with Crippen LogP contribution in [0.15, 0.2) is 34.1 Å². The minimum Gasteiger partial charge on any atom is -0.750 e. The van der Waals surface area contributed by atoms with Crippen LogP contribution in [0.25, 0.3) is 0 Å². The van der Waals surface area contributed by atoms with E-state index in [1.807, 2.05) is 0 Å². The van der Waals surface area contributed by atoms with Gasteiger partial charge in [0.1, 0.15) is 11.5 Å². The van der Waals surface area contributed by atoms with Gasteiger partial charge in [0, 0.05) is 38.5 Å². The van der Waals surface area contributed by atoms with Gasteiger partial charge in [0.15, 0.2) is 0 Å². The van der Waals surface area contributed by atoms with Gasteiger partial charge in [-0.1, -0.05) is 83.1 Å². The molecule has 10 heteroatoms. The maximum absolute atomic E-state index is 12.9. The Hall–Kier alpha value is -0.520. The second-order valence-corrected chi connectivity index (χ2v) is 20.2. The Kier molecular flexibility index (Phi) is 14.9. The molecule has 1 unspecified atom stereocenters. The summed E-state index contributed by atoms with van der Waals surface area (Å²) < 4.78 is 31.6. The molecule has 0 aliphatic heterocycles. The fourth-order valence-electron chi connectivity index (χ4n) is 4.79. The van der Waals surface area contributed by atoms with E-state index in [0.717, 1.165) is 32.0 Å². The maximum atomic E-state index is 12.9. The van der Waals surface area contributed by atoms with Gasteiger partial charge in [0.25, 0.3) is 0 Å². The third kappa shape index (κ3) is 12.8. The fourth-order valence-corrected chi connectivity index (χ4v) is 7.63. The number of thioether (sulfide) groups is 2. The van der Waals surface area contributed by atoms with Crippen LogP contribution in [0.3, 0.4) is 0 Å². The van der Waals surface area contributed by atoms with Gasteiger partial charge in [-0.15, -0.1) is 23.5 Å². The smallest absolute Gasteiger partial charge is 0.750 e. The predicted molar refractivity (Wildman–Crippen MR) is 185 cm³/mol. The van der Waals surface area contributed by atoms with Crippen molar-refractivity contribution in [3.8, 4) is 11.5 Å². The van der Waals surface area contributed by atoms with Crippen LogP contribution >= 0.6 is 23.5 Å². The number of phenolic OH excluding ortho intramolecular Hbond substituents is 1. The van der Waals surface area contributed by atoms with E-state index < -0.39 is 17.3 Å². The summed E-state index contributed by atoms with van der Waals surface area (Å²) in [5.41, 5.74) is 2.71.